The van der Waals surface area contributed by atoms with Gasteiger partial charge in [0.25, 0.3) is 0 Å². The van der Waals surface area contributed by atoms with E-state index in [1.807, 2.05) is 11.7 Å². The fourth-order valence-electron chi connectivity index (χ4n) is 3.57. The molecular weight excluding hydrogens is 246 g/mol. The maximum absolute atomic E-state index is 4.79. The van der Waals surface area contributed by atoms with Gasteiger partial charge in [0.2, 0.25) is 0 Å². The molecule has 3 heteroatoms. The Bertz CT molecular complexity index is 613. The zero-order chi connectivity index (χ0) is 14.4. The van der Waals surface area contributed by atoms with Gasteiger partial charge in [0.05, 0.1) is 11.2 Å². The summed E-state index contributed by atoms with van der Waals surface area (Å²) in [5.41, 5.74) is 2.86. The van der Waals surface area contributed by atoms with Crippen LogP contribution in [0.15, 0.2) is 24.3 Å². The Morgan fingerprint density at radius 1 is 1.30 bits per heavy atom. The molecule has 1 aliphatic rings. The third-order valence-electron chi connectivity index (χ3n) is 4.98. The number of hydrogen-bond donors (Lipinski definition) is 1. The van der Waals surface area contributed by atoms with Gasteiger partial charge in [0.1, 0.15) is 0 Å². The largest absolute Gasteiger partial charge is 0.310 e. The smallest absolute Gasteiger partial charge is 0.0721 e. The molecule has 0 spiro atoms. The zero-order valence-corrected chi connectivity index (χ0v) is 13.0. The fourth-order valence-corrected chi connectivity index (χ4v) is 3.57. The van der Waals surface area contributed by atoms with Gasteiger partial charge in [-0.05, 0) is 30.9 Å². The summed E-state index contributed by atoms with van der Waals surface area (Å²) in [4.78, 5) is 0. The number of nitrogens with zero attached hydrogens (tertiary/aromatic N) is 2. The van der Waals surface area contributed by atoms with Crippen molar-refractivity contribution < 1.29 is 0 Å². The topological polar surface area (TPSA) is 29.9 Å². The van der Waals surface area contributed by atoms with Crippen LogP contribution in [0.5, 0.6) is 0 Å². The van der Waals surface area contributed by atoms with Crippen LogP contribution in [0.3, 0.4) is 0 Å². The molecule has 1 fully saturated rings. The minimum atomic E-state index is 0.171. The van der Waals surface area contributed by atoms with Crippen LogP contribution in [0.4, 0.5) is 0 Å². The summed E-state index contributed by atoms with van der Waals surface area (Å²) >= 11 is 0. The van der Waals surface area contributed by atoms with Crippen molar-refractivity contribution in [2.24, 2.45) is 12.5 Å². The van der Waals surface area contributed by atoms with Crippen molar-refractivity contribution in [3.63, 3.8) is 0 Å². The van der Waals surface area contributed by atoms with E-state index in [1.165, 1.54) is 29.4 Å². The number of aryl methyl sites for hydroxylation is 1. The highest BCUT2D eigenvalue weighted by Crippen LogP contribution is 2.40. The van der Waals surface area contributed by atoms with Crippen LogP contribution in [-0.2, 0) is 13.5 Å². The summed E-state index contributed by atoms with van der Waals surface area (Å²) < 4.78 is 2.01. The van der Waals surface area contributed by atoms with Gasteiger partial charge >= 0.3 is 0 Å². The number of fused-ring (bicyclic) bond motifs is 1. The first-order valence-corrected chi connectivity index (χ1v) is 7.59. The molecule has 1 unspecified atom stereocenters. The summed E-state index contributed by atoms with van der Waals surface area (Å²) in [5, 5.41) is 9.87. The third-order valence-corrected chi connectivity index (χ3v) is 4.98. The van der Waals surface area contributed by atoms with Gasteiger partial charge in [-0.1, -0.05) is 39.0 Å². The minimum absolute atomic E-state index is 0.171. The highest BCUT2D eigenvalue weighted by atomic mass is 15.3. The summed E-state index contributed by atoms with van der Waals surface area (Å²) in [7, 11) is 2.04. The summed E-state index contributed by atoms with van der Waals surface area (Å²) in [6.45, 7) is 8.16. The van der Waals surface area contributed by atoms with E-state index in [1.54, 1.807) is 0 Å². The van der Waals surface area contributed by atoms with Crippen LogP contribution in [0.2, 0.25) is 0 Å². The van der Waals surface area contributed by atoms with E-state index >= 15 is 0 Å². The lowest BCUT2D eigenvalue weighted by Gasteiger charge is -2.42. The highest BCUT2D eigenvalue weighted by Gasteiger charge is 2.44. The molecule has 3 rings (SSSR count). The van der Waals surface area contributed by atoms with Crippen molar-refractivity contribution in [3.05, 3.63) is 30.0 Å². The van der Waals surface area contributed by atoms with E-state index in [4.69, 9.17) is 5.10 Å². The van der Waals surface area contributed by atoms with Gasteiger partial charge in [0, 0.05) is 24.4 Å². The molecule has 0 saturated carbocycles. The van der Waals surface area contributed by atoms with Crippen molar-refractivity contribution in [1.29, 1.82) is 0 Å². The van der Waals surface area contributed by atoms with Gasteiger partial charge in [-0.3, -0.25) is 4.68 Å². The third kappa shape index (κ3) is 2.05. The maximum Gasteiger partial charge on any atom is 0.0721 e. The Kier molecular flexibility index (Phi) is 3.13. The second-order valence-electron chi connectivity index (χ2n) is 7.13. The van der Waals surface area contributed by atoms with Gasteiger partial charge in [-0.25, -0.2) is 0 Å². The summed E-state index contributed by atoms with van der Waals surface area (Å²) in [6, 6.07) is 8.54. The molecule has 1 aromatic heterocycles. The SMILES string of the molecule is Cn1nc(CC2(C(C)(C)C)CCCN2)c2ccccc21. The lowest BCUT2D eigenvalue weighted by atomic mass is 9.70. The highest BCUT2D eigenvalue weighted by molar-refractivity contribution is 5.82. The molecule has 20 heavy (non-hydrogen) atoms. The van der Waals surface area contributed by atoms with Crippen molar-refractivity contribution in [3.8, 4) is 0 Å². The molecule has 3 nitrogen and oxygen atoms in total. The number of nitrogens with one attached hydrogen (secondary N) is 1. The number of hydrogen-bond acceptors (Lipinski definition) is 2. The average Bonchev–Trinajstić information content (AvgIpc) is 2.97. The Morgan fingerprint density at radius 3 is 2.70 bits per heavy atom. The van der Waals surface area contributed by atoms with Crippen LogP contribution < -0.4 is 5.32 Å². The fraction of sp³-hybridized carbons (Fsp3) is 0.588. The lowest BCUT2D eigenvalue weighted by molar-refractivity contribution is 0.158. The molecule has 2 aromatic rings. The molecular formula is C17H25N3. The molecule has 1 aromatic carbocycles. The first-order valence-electron chi connectivity index (χ1n) is 7.59. The minimum Gasteiger partial charge on any atom is -0.310 e. The van der Waals surface area contributed by atoms with Crippen molar-refractivity contribution in [1.82, 2.24) is 15.1 Å². The van der Waals surface area contributed by atoms with Gasteiger partial charge in [-0.2, -0.15) is 5.10 Å². The maximum atomic E-state index is 4.79. The van der Waals surface area contributed by atoms with Crippen LogP contribution in [0, 0.1) is 5.41 Å². The molecule has 0 amide bonds. The molecule has 2 heterocycles. The van der Waals surface area contributed by atoms with E-state index in [9.17, 15) is 0 Å². The quantitative estimate of drug-likeness (QED) is 0.908. The van der Waals surface area contributed by atoms with Crippen molar-refractivity contribution in [2.75, 3.05) is 6.54 Å². The number of aromatic nitrogens is 2. The Morgan fingerprint density at radius 2 is 2.05 bits per heavy atom. The number of para-hydroxylation sites is 1. The van der Waals surface area contributed by atoms with Crippen molar-refractivity contribution in [2.45, 2.75) is 45.6 Å². The molecule has 1 N–H and O–H groups in total. The second-order valence-corrected chi connectivity index (χ2v) is 7.13. The zero-order valence-electron chi connectivity index (χ0n) is 13.0. The normalized spacial score (nSPS) is 23.6. The predicted octanol–water partition coefficient (Wildman–Crippen LogP) is 3.28. The molecule has 1 aliphatic heterocycles. The Balaban J connectivity index is 2.04. The number of benzene rings is 1. The molecule has 0 bridgehead atoms. The van der Waals surface area contributed by atoms with E-state index in [0.29, 0.717) is 0 Å². The van der Waals surface area contributed by atoms with Crippen LogP contribution in [0.25, 0.3) is 10.9 Å². The van der Waals surface area contributed by atoms with Crippen molar-refractivity contribution >= 4 is 10.9 Å². The molecule has 1 saturated heterocycles. The van der Waals surface area contributed by atoms with Crippen LogP contribution in [-0.4, -0.2) is 21.9 Å². The Labute approximate surface area is 121 Å². The molecule has 108 valence electrons. The summed E-state index contributed by atoms with van der Waals surface area (Å²) in [6.07, 6.45) is 3.52. The van der Waals surface area contributed by atoms with E-state index < -0.39 is 0 Å². The predicted molar refractivity (Wildman–Crippen MR) is 83.8 cm³/mol. The van der Waals surface area contributed by atoms with Crippen LogP contribution in [0.1, 0.15) is 39.3 Å². The van der Waals surface area contributed by atoms with E-state index in [2.05, 4.69) is 50.4 Å². The standard InChI is InChI=1S/C17H25N3/c1-16(2,3)17(10-7-11-18-17)12-14-13-8-5-6-9-15(13)20(4)19-14/h5-6,8-9,18H,7,10-12H2,1-4H3. The monoisotopic (exact) mass is 271 g/mol. The average molecular weight is 271 g/mol. The van der Waals surface area contributed by atoms with Gasteiger partial charge in [-0.15, -0.1) is 0 Å². The van der Waals surface area contributed by atoms with Gasteiger partial charge < -0.3 is 5.32 Å². The van der Waals surface area contributed by atoms with Gasteiger partial charge in [0.15, 0.2) is 0 Å². The van der Waals surface area contributed by atoms with E-state index in [-0.39, 0.29) is 11.0 Å². The second kappa shape index (κ2) is 4.59. The van der Waals surface area contributed by atoms with E-state index in [0.717, 1.165) is 13.0 Å². The lowest BCUT2D eigenvalue weighted by Crippen LogP contribution is -2.52. The number of rotatable bonds is 2. The molecule has 0 radical (unpaired) electrons. The molecule has 1 atom stereocenters. The van der Waals surface area contributed by atoms with Crippen LogP contribution >= 0.6 is 0 Å². The molecule has 0 aliphatic carbocycles. The summed E-state index contributed by atoms with van der Waals surface area (Å²) in [5.74, 6) is 0. The Hall–Kier alpha value is -1.35. The first kappa shape index (κ1) is 13.6. The first-order chi connectivity index (χ1) is 9.43.